The van der Waals surface area contributed by atoms with Crippen LogP contribution in [0.25, 0.3) is 0 Å². The predicted octanol–water partition coefficient (Wildman–Crippen LogP) is 0.583. The van der Waals surface area contributed by atoms with Gasteiger partial charge in [0.2, 0.25) is 5.89 Å². The zero-order valence-electron chi connectivity index (χ0n) is 10.6. The van der Waals surface area contributed by atoms with Gasteiger partial charge in [-0.25, -0.2) is 8.42 Å². The summed E-state index contributed by atoms with van der Waals surface area (Å²) in [6, 6.07) is -0.798. The first-order valence-corrected chi connectivity index (χ1v) is 7.53. The van der Waals surface area contributed by atoms with Crippen LogP contribution in [0.2, 0.25) is 0 Å². The van der Waals surface area contributed by atoms with Crippen molar-refractivity contribution in [2.75, 3.05) is 18.6 Å². The standard InChI is InChI=1S/C9H14F3N3O4S/c1-20(16,17)3-2-6(13)8-14-7(15-19-8)4-18-5-9(10,11)12/h6H,2-5,13H2,1H3. The van der Waals surface area contributed by atoms with Gasteiger partial charge >= 0.3 is 6.18 Å². The maximum absolute atomic E-state index is 11.8. The smallest absolute Gasteiger partial charge is 0.364 e. The Kier molecular flexibility index (Phi) is 5.48. The van der Waals surface area contributed by atoms with E-state index in [-0.39, 0.29) is 23.9 Å². The SMILES string of the molecule is CS(=O)(=O)CCC(N)c1nc(COCC(F)(F)F)no1. The van der Waals surface area contributed by atoms with E-state index in [0.717, 1.165) is 6.26 Å². The van der Waals surface area contributed by atoms with Crippen LogP contribution in [-0.4, -0.2) is 43.4 Å². The highest BCUT2D eigenvalue weighted by Gasteiger charge is 2.27. The van der Waals surface area contributed by atoms with Crippen LogP contribution in [0.3, 0.4) is 0 Å². The van der Waals surface area contributed by atoms with Crippen LogP contribution in [0.5, 0.6) is 0 Å². The number of alkyl halides is 3. The Labute approximate surface area is 113 Å². The van der Waals surface area contributed by atoms with Crippen LogP contribution in [0.15, 0.2) is 4.52 Å². The molecule has 0 saturated heterocycles. The van der Waals surface area contributed by atoms with E-state index in [9.17, 15) is 21.6 Å². The van der Waals surface area contributed by atoms with Gasteiger partial charge in [0, 0.05) is 6.26 Å². The number of hydrogen-bond acceptors (Lipinski definition) is 7. The second-order valence-corrected chi connectivity index (χ2v) is 6.44. The van der Waals surface area contributed by atoms with Crippen LogP contribution in [0.1, 0.15) is 24.2 Å². The van der Waals surface area contributed by atoms with Gasteiger partial charge in [0.15, 0.2) is 5.82 Å². The molecule has 1 aromatic heterocycles. The van der Waals surface area contributed by atoms with E-state index >= 15 is 0 Å². The zero-order valence-corrected chi connectivity index (χ0v) is 11.4. The molecule has 0 spiro atoms. The number of rotatable bonds is 7. The van der Waals surface area contributed by atoms with Gasteiger partial charge in [-0.05, 0) is 6.42 Å². The molecule has 7 nitrogen and oxygen atoms in total. The highest BCUT2D eigenvalue weighted by Crippen LogP contribution is 2.16. The van der Waals surface area contributed by atoms with Crippen molar-refractivity contribution >= 4 is 9.84 Å². The lowest BCUT2D eigenvalue weighted by molar-refractivity contribution is -0.177. The van der Waals surface area contributed by atoms with Crippen molar-refractivity contribution in [2.24, 2.45) is 5.73 Å². The summed E-state index contributed by atoms with van der Waals surface area (Å²) >= 11 is 0. The second-order valence-electron chi connectivity index (χ2n) is 4.18. The lowest BCUT2D eigenvalue weighted by Crippen LogP contribution is -2.17. The van der Waals surface area contributed by atoms with Gasteiger partial charge in [0.1, 0.15) is 23.1 Å². The topological polar surface area (TPSA) is 108 Å². The number of sulfone groups is 1. The third-order valence-corrected chi connectivity index (χ3v) is 3.07. The van der Waals surface area contributed by atoms with Gasteiger partial charge in [-0.3, -0.25) is 0 Å². The van der Waals surface area contributed by atoms with E-state index in [4.69, 9.17) is 10.3 Å². The first-order chi connectivity index (χ1) is 9.07. The molecule has 1 rings (SSSR count). The van der Waals surface area contributed by atoms with Crippen LogP contribution >= 0.6 is 0 Å². The molecule has 0 amide bonds. The summed E-state index contributed by atoms with van der Waals surface area (Å²) in [5.74, 6) is -0.283. The number of nitrogens with zero attached hydrogens (tertiary/aromatic N) is 2. The van der Waals surface area contributed by atoms with E-state index in [1.54, 1.807) is 0 Å². The molecular weight excluding hydrogens is 303 g/mol. The lowest BCUT2D eigenvalue weighted by Gasteiger charge is -2.05. The Bertz CT molecular complexity index is 529. The molecule has 1 aromatic rings. The summed E-state index contributed by atoms with van der Waals surface area (Å²) in [4.78, 5) is 3.74. The number of halogens is 3. The molecule has 1 unspecified atom stereocenters. The summed E-state index contributed by atoms with van der Waals surface area (Å²) in [6.07, 6.45) is -3.30. The molecule has 1 heterocycles. The molecule has 0 saturated carbocycles. The predicted molar refractivity (Wildman–Crippen MR) is 61.3 cm³/mol. The minimum Gasteiger partial charge on any atom is -0.364 e. The van der Waals surface area contributed by atoms with Crippen LogP contribution < -0.4 is 5.73 Å². The number of nitrogens with two attached hydrogens (primary N) is 1. The van der Waals surface area contributed by atoms with Gasteiger partial charge in [-0.2, -0.15) is 18.2 Å². The maximum atomic E-state index is 11.8. The molecule has 0 aromatic carbocycles. The third kappa shape index (κ3) is 6.82. The van der Waals surface area contributed by atoms with Crippen molar-refractivity contribution in [3.63, 3.8) is 0 Å². The van der Waals surface area contributed by atoms with Crippen LogP contribution in [0.4, 0.5) is 13.2 Å². The average Bonchev–Trinajstić information content (AvgIpc) is 2.72. The quantitative estimate of drug-likeness (QED) is 0.783. The molecule has 0 radical (unpaired) electrons. The molecule has 116 valence electrons. The zero-order chi connectivity index (χ0) is 15.4. The Morgan fingerprint density at radius 2 is 2.10 bits per heavy atom. The fourth-order valence-electron chi connectivity index (χ4n) is 1.20. The van der Waals surface area contributed by atoms with Crippen molar-refractivity contribution < 1.29 is 30.8 Å². The Morgan fingerprint density at radius 1 is 1.45 bits per heavy atom. The summed E-state index contributed by atoms with van der Waals surface area (Å²) in [5, 5.41) is 3.39. The van der Waals surface area contributed by atoms with Crippen molar-refractivity contribution in [3.8, 4) is 0 Å². The van der Waals surface area contributed by atoms with E-state index in [1.807, 2.05) is 0 Å². The van der Waals surface area contributed by atoms with E-state index < -0.39 is 35.3 Å². The highest BCUT2D eigenvalue weighted by molar-refractivity contribution is 7.90. The molecule has 1 atom stereocenters. The summed E-state index contributed by atoms with van der Waals surface area (Å²) in [7, 11) is -3.17. The van der Waals surface area contributed by atoms with E-state index in [1.165, 1.54) is 0 Å². The van der Waals surface area contributed by atoms with Gasteiger partial charge in [0.05, 0.1) is 11.8 Å². The number of ether oxygens (including phenoxy) is 1. The Hall–Kier alpha value is -1.20. The molecule has 0 aliphatic carbocycles. The first-order valence-electron chi connectivity index (χ1n) is 5.47. The fourth-order valence-corrected chi connectivity index (χ4v) is 1.88. The van der Waals surface area contributed by atoms with Crippen LogP contribution in [0, 0.1) is 0 Å². The van der Waals surface area contributed by atoms with Gasteiger partial charge in [-0.15, -0.1) is 0 Å². The summed E-state index contributed by atoms with van der Waals surface area (Å²) in [5.41, 5.74) is 5.63. The fraction of sp³-hybridized carbons (Fsp3) is 0.778. The normalized spacial score (nSPS) is 14.4. The molecule has 20 heavy (non-hydrogen) atoms. The lowest BCUT2D eigenvalue weighted by atomic mass is 10.2. The van der Waals surface area contributed by atoms with Crippen molar-refractivity contribution in [1.82, 2.24) is 10.1 Å². The molecular formula is C9H14F3N3O4S. The minimum atomic E-state index is -4.43. The van der Waals surface area contributed by atoms with Gasteiger partial charge < -0.3 is 15.0 Å². The Balaban J connectivity index is 2.46. The van der Waals surface area contributed by atoms with Crippen molar-refractivity contribution in [1.29, 1.82) is 0 Å². The largest absolute Gasteiger partial charge is 0.411 e. The number of aromatic nitrogens is 2. The molecule has 2 N–H and O–H groups in total. The third-order valence-electron chi connectivity index (χ3n) is 2.10. The van der Waals surface area contributed by atoms with Crippen molar-refractivity contribution in [3.05, 3.63) is 11.7 Å². The first kappa shape index (κ1) is 16.9. The average molecular weight is 317 g/mol. The minimum absolute atomic E-state index is 0.0424. The monoisotopic (exact) mass is 317 g/mol. The molecule has 0 fully saturated rings. The molecule has 0 bridgehead atoms. The van der Waals surface area contributed by atoms with E-state index in [2.05, 4.69) is 14.9 Å². The van der Waals surface area contributed by atoms with Gasteiger partial charge in [0.25, 0.3) is 0 Å². The maximum Gasteiger partial charge on any atom is 0.411 e. The second kappa shape index (κ2) is 6.50. The summed E-state index contributed by atoms with van der Waals surface area (Å²) in [6.45, 7) is -1.89. The molecule has 11 heteroatoms. The highest BCUT2D eigenvalue weighted by atomic mass is 32.2. The van der Waals surface area contributed by atoms with Gasteiger partial charge in [-0.1, -0.05) is 5.16 Å². The van der Waals surface area contributed by atoms with Crippen LogP contribution in [-0.2, 0) is 21.2 Å². The van der Waals surface area contributed by atoms with E-state index in [0.29, 0.717) is 0 Å². The molecule has 0 aliphatic rings. The van der Waals surface area contributed by atoms with Crippen molar-refractivity contribution in [2.45, 2.75) is 25.2 Å². The Morgan fingerprint density at radius 3 is 2.65 bits per heavy atom. The summed E-state index contributed by atoms with van der Waals surface area (Å²) < 4.78 is 66.5. The molecule has 0 aliphatic heterocycles. The number of hydrogen-bond donors (Lipinski definition) is 1.